The number of aromatic nitrogens is 4. The van der Waals surface area contributed by atoms with Gasteiger partial charge in [0.05, 0.1) is 21.8 Å². The van der Waals surface area contributed by atoms with E-state index in [-0.39, 0.29) is 17.2 Å². The van der Waals surface area contributed by atoms with Crippen LogP contribution in [0.25, 0.3) is 16.7 Å². The van der Waals surface area contributed by atoms with Gasteiger partial charge in [-0.2, -0.15) is 0 Å². The van der Waals surface area contributed by atoms with Crippen molar-refractivity contribution in [2.75, 3.05) is 5.32 Å². The number of hydrogen-bond donors (Lipinski definition) is 1. The van der Waals surface area contributed by atoms with Crippen molar-refractivity contribution in [3.8, 4) is 0 Å². The number of thioether (sulfide) groups is 1. The van der Waals surface area contributed by atoms with Crippen LogP contribution in [-0.4, -0.2) is 30.3 Å². The van der Waals surface area contributed by atoms with Gasteiger partial charge in [-0.05, 0) is 43.5 Å². The molecule has 0 saturated heterocycles. The van der Waals surface area contributed by atoms with Gasteiger partial charge in [0, 0.05) is 6.54 Å². The molecule has 1 unspecified atom stereocenters. The number of carbonyl (C=O) groups excluding carboxylic acids is 1. The molecule has 7 nitrogen and oxygen atoms in total. The number of hydrogen-bond acceptors (Lipinski definition) is 5. The van der Waals surface area contributed by atoms with Crippen LogP contribution in [0.4, 0.5) is 10.1 Å². The molecule has 0 aliphatic carbocycles. The lowest BCUT2D eigenvalue weighted by Gasteiger charge is -2.14. The van der Waals surface area contributed by atoms with Crippen LogP contribution < -0.4 is 10.9 Å². The number of aryl methyl sites for hydroxylation is 1. The lowest BCUT2D eigenvalue weighted by molar-refractivity contribution is -0.115. The first-order valence-corrected chi connectivity index (χ1v) is 11.3. The van der Waals surface area contributed by atoms with Gasteiger partial charge >= 0.3 is 0 Å². The van der Waals surface area contributed by atoms with Gasteiger partial charge in [0.15, 0.2) is 5.16 Å². The quantitative estimate of drug-likeness (QED) is 0.421. The molecule has 2 heterocycles. The lowest BCUT2D eigenvalue weighted by atomic mass is 10.1. The van der Waals surface area contributed by atoms with Crippen LogP contribution in [0.3, 0.4) is 0 Å². The largest absolute Gasteiger partial charge is 0.323 e. The van der Waals surface area contributed by atoms with Gasteiger partial charge in [0.25, 0.3) is 5.56 Å². The Morgan fingerprint density at radius 3 is 2.56 bits per heavy atom. The standard InChI is InChI=1S/C23H24FN5O2S/c1-14(2)12-13-28-21(31)16-8-4-7-11-19(16)29-22(28)26-27-23(29)32-15(3)20(30)25-18-10-6-5-9-17(18)24/h4-11,14-15H,12-13H2,1-3H3,(H,25,30). The first-order valence-electron chi connectivity index (χ1n) is 10.5. The van der Waals surface area contributed by atoms with Crippen LogP contribution in [0.1, 0.15) is 27.2 Å². The summed E-state index contributed by atoms with van der Waals surface area (Å²) in [6, 6.07) is 13.3. The van der Waals surface area contributed by atoms with Crippen molar-refractivity contribution in [1.29, 1.82) is 0 Å². The number of nitrogens with one attached hydrogen (secondary N) is 1. The van der Waals surface area contributed by atoms with Crippen LogP contribution in [0.15, 0.2) is 58.5 Å². The van der Waals surface area contributed by atoms with Crippen molar-refractivity contribution in [3.05, 3.63) is 64.7 Å². The Hall–Kier alpha value is -3.20. The fourth-order valence-electron chi connectivity index (χ4n) is 3.41. The molecule has 4 rings (SSSR count). The Balaban J connectivity index is 1.71. The van der Waals surface area contributed by atoms with Gasteiger partial charge in [-0.15, -0.1) is 10.2 Å². The summed E-state index contributed by atoms with van der Waals surface area (Å²) in [4.78, 5) is 25.8. The number of rotatable bonds is 7. The third kappa shape index (κ3) is 4.25. The summed E-state index contributed by atoms with van der Waals surface area (Å²) in [6.07, 6.45) is 0.824. The maximum absolute atomic E-state index is 13.9. The number of anilines is 1. The van der Waals surface area contributed by atoms with E-state index < -0.39 is 11.1 Å². The third-order valence-corrected chi connectivity index (χ3v) is 6.23. The molecule has 4 aromatic rings. The molecular weight excluding hydrogens is 429 g/mol. The number of halogens is 1. The van der Waals surface area contributed by atoms with Gasteiger partial charge < -0.3 is 5.32 Å². The summed E-state index contributed by atoms with van der Waals surface area (Å²) in [5, 5.41) is 11.7. The minimum Gasteiger partial charge on any atom is -0.323 e. The minimum atomic E-state index is -0.572. The monoisotopic (exact) mass is 453 g/mol. The highest BCUT2D eigenvalue weighted by Gasteiger charge is 2.22. The number of carbonyl (C=O) groups is 1. The van der Waals surface area contributed by atoms with E-state index in [0.29, 0.717) is 34.3 Å². The first-order chi connectivity index (χ1) is 15.4. The summed E-state index contributed by atoms with van der Waals surface area (Å²) in [6.45, 7) is 6.45. The summed E-state index contributed by atoms with van der Waals surface area (Å²) in [5.41, 5.74) is 0.703. The van der Waals surface area contributed by atoms with E-state index in [4.69, 9.17) is 0 Å². The van der Waals surface area contributed by atoms with Crippen molar-refractivity contribution >= 4 is 40.0 Å². The van der Waals surface area contributed by atoms with E-state index in [1.165, 1.54) is 23.9 Å². The maximum atomic E-state index is 13.9. The molecule has 2 aromatic heterocycles. The van der Waals surface area contributed by atoms with E-state index in [1.807, 2.05) is 22.6 Å². The normalized spacial score (nSPS) is 12.5. The number of benzene rings is 2. The highest BCUT2D eigenvalue weighted by atomic mass is 32.2. The summed E-state index contributed by atoms with van der Waals surface area (Å²) < 4.78 is 17.4. The Kier molecular flexibility index (Phi) is 6.27. The van der Waals surface area contributed by atoms with E-state index >= 15 is 0 Å². The van der Waals surface area contributed by atoms with Crippen molar-refractivity contribution in [2.45, 2.75) is 44.1 Å². The fourth-order valence-corrected chi connectivity index (χ4v) is 4.26. The van der Waals surface area contributed by atoms with Gasteiger partial charge in [0.2, 0.25) is 11.7 Å². The molecule has 0 aliphatic heterocycles. The Morgan fingerprint density at radius 2 is 1.81 bits per heavy atom. The predicted molar refractivity (Wildman–Crippen MR) is 125 cm³/mol. The van der Waals surface area contributed by atoms with Crippen molar-refractivity contribution in [1.82, 2.24) is 19.2 Å². The van der Waals surface area contributed by atoms with Crippen molar-refractivity contribution < 1.29 is 9.18 Å². The van der Waals surface area contributed by atoms with Crippen LogP contribution in [-0.2, 0) is 11.3 Å². The smallest absolute Gasteiger partial charge is 0.262 e. The van der Waals surface area contributed by atoms with Crippen molar-refractivity contribution in [2.24, 2.45) is 5.92 Å². The zero-order chi connectivity index (χ0) is 22.8. The molecule has 0 spiro atoms. The second kappa shape index (κ2) is 9.12. The zero-order valence-corrected chi connectivity index (χ0v) is 18.9. The topological polar surface area (TPSA) is 81.3 Å². The second-order valence-corrected chi connectivity index (χ2v) is 9.31. The molecule has 0 radical (unpaired) electrons. The van der Waals surface area contributed by atoms with Gasteiger partial charge in [-0.25, -0.2) is 4.39 Å². The van der Waals surface area contributed by atoms with Gasteiger partial charge in [-0.1, -0.05) is 49.9 Å². The molecule has 1 N–H and O–H groups in total. The molecule has 1 atom stereocenters. The average molecular weight is 454 g/mol. The summed E-state index contributed by atoms with van der Waals surface area (Å²) in [7, 11) is 0. The molecule has 2 aromatic carbocycles. The van der Waals surface area contributed by atoms with E-state index in [2.05, 4.69) is 29.4 Å². The Labute approximate surface area is 188 Å². The first kappa shape index (κ1) is 22.0. The zero-order valence-electron chi connectivity index (χ0n) is 18.1. The molecule has 0 bridgehead atoms. The second-order valence-electron chi connectivity index (χ2n) is 8.00. The minimum absolute atomic E-state index is 0.108. The predicted octanol–water partition coefficient (Wildman–Crippen LogP) is 4.35. The van der Waals surface area contributed by atoms with Gasteiger partial charge in [0.1, 0.15) is 5.82 Å². The number of nitrogens with zero attached hydrogens (tertiary/aromatic N) is 4. The number of fused-ring (bicyclic) bond motifs is 3. The van der Waals surface area contributed by atoms with Crippen LogP contribution in [0.2, 0.25) is 0 Å². The molecule has 0 fully saturated rings. The highest BCUT2D eigenvalue weighted by molar-refractivity contribution is 8.00. The number of para-hydroxylation sites is 2. The highest BCUT2D eigenvalue weighted by Crippen LogP contribution is 2.26. The average Bonchev–Trinajstić information content (AvgIpc) is 3.18. The summed E-state index contributed by atoms with van der Waals surface area (Å²) >= 11 is 1.21. The molecule has 32 heavy (non-hydrogen) atoms. The van der Waals surface area contributed by atoms with E-state index in [9.17, 15) is 14.0 Å². The van der Waals surface area contributed by atoms with Crippen LogP contribution in [0.5, 0.6) is 0 Å². The molecule has 166 valence electrons. The molecule has 9 heteroatoms. The van der Waals surface area contributed by atoms with Crippen LogP contribution >= 0.6 is 11.8 Å². The molecular formula is C23H24FN5O2S. The van der Waals surface area contributed by atoms with Crippen LogP contribution in [0, 0.1) is 11.7 Å². The maximum Gasteiger partial charge on any atom is 0.262 e. The fraction of sp³-hybridized carbons (Fsp3) is 0.304. The number of amides is 1. The molecule has 1 amide bonds. The van der Waals surface area contributed by atoms with Crippen molar-refractivity contribution in [3.63, 3.8) is 0 Å². The summed E-state index contributed by atoms with van der Waals surface area (Å²) in [5.74, 6) is 0.0197. The van der Waals surface area contributed by atoms with E-state index in [0.717, 1.165) is 6.42 Å². The van der Waals surface area contributed by atoms with Gasteiger partial charge in [-0.3, -0.25) is 18.6 Å². The SMILES string of the molecule is CC(C)CCn1c(=O)c2ccccc2n2c(SC(C)C(=O)Nc3ccccc3F)nnc12. The molecule has 0 aliphatic rings. The molecule has 0 saturated carbocycles. The van der Waals surface area contributed by atoms with E-state index in [1.54, 1.807) is 29.7 Å². The Morgan fingerprint density at radius 1 is 1.09 bits per heavy atom. The Bertz CT molecular complexity index is 1350. The lowest BCUT2D eigenvalue weighted by Crippen LogP contribution is -2.25. The third-order valence-electron chi connectivity index (χ3n) is 5.19.